The Morgan fingerprint density at radius 1 is 1.00 bits per heavy atom. The van der Waals surface area contributed by atoms with Gasteiger partial charge in [0, 0.05) is 19.3 Å². The minimum atomic E-state index is -1.42. The molecule has 1 saturated carbocycles. The summed E-state index contributed by atoms with van der Waals surface area (Å²) in [5.41, 5.74) is 0.847. The van der Waals surface area contributed by atoms with Crippen LogP contribution in [0.4, 0.5) is 0 Å². The third-order valence-electron chi connectivity index (χ3n) is 4.32. The molecule has 3 nitrogen and oxygen atoms in total. The van der Waals surface area contributed by atoms with Gasteiger partial charge in [-0.3, -0.25) is 9.59 Å². The first-order valence-electron chi connectivity index (χ1n) is 9.10. The lowest BCUT2D eigenvalue weighted by molar-refractivity contribution is -0.157. The molecule has 1 fully saturated rings. The number of ether oxygens (including phenoxy) is 1. The first kappa shape index (κ1) is 16.1. The summed E-state index contributed by atoms with van der Waals surface area (Å²) < 4.78 is 14.3. The average molecular weight is 337 g/mol. The van der Waals surface area contributed by atoms with Crippen LogP contribution in [-0.2, 0) is 9.53 Å². The molecule has 0 saturated heterocycles. The summed E-state index contributed by atoms with van der Waals surface area (Å²) in [7, 11) is 0. The number of carbonyl (C=O) groups excluding carboxylic acids is 2. The van der Waals surface area contributed by atoms with E-state index < -0.39 is 17.5 Å². The van der Waals surface area contributed by atoms with Crippen LogP contribution < -0.4 is 0 Å². The number of esters is 1. The maximum Gasteiger partial charge on any atom is 0.310 e. The predicted molar refractivity (Wildman–Crippen MR) is 97.4 cm³/mol. The minimum absolute atomic E-state index is 0.0470. The molecule has 0 amide bonds. The highest BCUT2D eigenvalue weighted by Crippen LogP contribution is 2.57. The van der Waals surface area contributed by atoms with Crippen molar-refractivity contribution < 1.29 is 15.7 Å². The molecule has 3 heteroatoms. The molecule has 0 unspecified atom stereocenters. The van der Waals surface area contributed by atoms with Crippen molar-refractivity contribution in [2.45, 2.75) is 38.7 Å². The van der Waals surface area contributed by atoms with Crippen molar-refractivity contribution in [1.82, 2.24) is 0 Å². The molecule has 130 valence electrons. The maximum absolute atomic E-state index is 12.7. The molecular formula is C22H24O3. The molecule has 0 N–H and O–H groups in total. The van der Waals surface area contributed by atoms with Crippen LogP contribution in [0.5, 0.6) is 0 Å². The van der Waals surface area contributed by atoms with Crippen molar-refractivity contribution in [2.75, 3.05) is 0 Å². The van der Waals surface area contributed by atoms with Crippen LogP contribution in [0.25, 0.3) is 0 Å². The summed E-state index contributed by atoms with van der Waals surface area (Å²) in [5.74, 6) is -2.73. The minimum Gasteiger partial charge on any atom is -0.460 e. The van der Waals surface area contributed by atoms with Gasteiger partial charge in [-0.25, -0.2) is 0 Å². The van der Waals surface area contributed by atoms with Gasteiger partial charge in [-0.1, -0.05) is 60.7 Å². The van der Waals surface area contributed by atoms with E-state index in [9.17, 15) is 9.59 Å². The normalized spacial score (nSPS) is 25.8. The van der Waals surface area contributed by atoms with Crippen molar-refractivity contribution in [1.29, 1.82) is 0 Å². The van der Waals surface area contributed by atoms with Gasteiger partial charge < -0.3 is 4.74 Å². The number of hydrogen-bond acceptors (Lipinski definition) is 3. The second kappa shape index (κ2) is 6.83. The van der Waals surface area contributed by atoms with Gasteiger partial charge >= 0.3 is 5.97 Å². The molecule has 0 bridgehead atoms. The van der Waals surface area contributed by atoms with Crippen LogP contribution in [0.2, 0.25) is 0 Å². The average Bonchev–Trinajstić information content (AvgIpc) is 3.20. The molecule has 25 heavy (non-hydrogen) atoms. The summed E-state index contributed by atoms with van der Waals surface area (Å²) >= 11 is 0. The van der Waals surface area contributed by atoms with E-state index in [-0.39, 0.29) is 24.0 Å². The zero-order valence-corrected chi connectivity index (χ0v) is 14.9. The smallest absolute Gasteiger partial charge is 0.310 e. The van der Waals surface area contributed by atoms with Crippen LogP contribution in [-0.4, -0.2) is 17.4 Å². The molecule has 1 aliphatic rings. The second-order valence-corrected chi connectivity index (χ2v) is 7.45. The maximum atomic E-state index is 12.7. The molecule has 0 radical (unpaired) electrons. The number of Topliss-reactive ketones (excluding diaryl/α,β-unsaturated/α-hetero) is 1. The highest BCUT2D eigenvalue weighted by molar-refractivity contribution is 5.97. The Morgan fingerprint density at radius 3 is 2.12 bits per heavy atom. The SMILES string of the molecule is [2H][C@]1(C(=O)OC(C)(C)C)[C@@H](CC(=O)c2ccccc2)[C@@H]1c1ccccc1. The van der Waals surface area contributed by atoms with Crippen molar-refractivity contribution in [2.24, 2.45) is 11.8 Å². The first-order valence-corrected chi connectivity index (χ1v) is 8.60. The van der Waals surface area contributed by atoms with Crippen LogP contribution in [0.15, 0.2) is 60.7 Å². The summed E-state index contributed by atoms with van der Waals surface area (Å²) in [4.78, 5) is 25.4. The van der Waals surface area contributed by atoms with Gasteiger partial charge in [0.15, 0.2) is 5.78 Å². The van der Waals surface area contributed by atoms with Gasteiger partial charge in [0.05, 0.1) is 5.89 Å². The Hall–Kier alpha value is -2.42. The number of benzene rings is 2. The molecule has 3 atom stereocenters. The summed E-state index contributed by atoms with van der Waals surface area (Å²) in [6.45, 7) is 5.37. The summed E-state index contributed by atoms with van der Waals surface area (Å²) in [5, 5.41) is 0. The topological polar surface area (TPSA) is 43.4 Å². The Labute approximate surface area is 150 Å². The molecule has 3 rings (SSSR count). The lowest BCUT2D eigenvalue weighted by Crippen LogP contribution is -2.25. The Bertz CT molecular complexity index is 795. The van der Waals surface area contributed by atoms with Crippen LogP contribution >= 0.6 is 0 Å². The largest absolute Gasteiger partial charge is 0.460 e. The molecule has 2 aromatic rings. The van der Waals surface area contributed by atoms with E-state index in [2.05, 4.69) is 0 Å². The van der Waals surface area contributed by atoms with Crippen molar-refractivity contribution in [3.8, 4) is 0 Å². The van der Waals surface area contributed by atoms with Crippen LogP contribution in [0, 0.1) is 11.8 Å². The fourth-order valence-electron chi connectivity index (χ4n) is 3.17. The zero-order chi connectivity index (χ0) is 18.9. The second-order valence-electron chi connectivity index (χ2n) is 7.45. The molecule has 0 spiro atoms. The van der Waals surface area contributed by atoms with Crippen molar-refractivity contribution in [3.63, 3.8) is 0 Å². The van der Waals surface area contributed by atoms with E-state index in [1.165, 1.54) is 0 Å². The molecule has 0 aliphatic heterocycles. The summed E-state index contributed by atoms with van der Waals surface area (Å²) in [6, 6.07) is 18.5. The number of hydrogen-bond donors (Lipinski definition) is 0. The monoisotopic (exact) mass is 337 g/mol. The van der Waals surface area contributed by atoms with Crippen molar-refractivity contribution >= 4 is 11.8 Å². The van der Waals surface area contributed by atoms with Gasteiger partial charge in [-0.15, -0.1) is 0 Å². The molecule has 1 aliphatic carbocycles. The van der Waals surface area contributed by atoms with E-state index in [0.29, 0.717) is 5.56 Å². The lowest BCUT2D eigenvalue weighted by Gasteiger charge is -2.19. The Kier molecular flexibility index (Phi) is 4.39. The standard InChI is InChI=1S/C22H24O3/c1-22(2,3)25-21(24)20-17(19(20)16-12-8-5-9-13-16)14-18(23)15-10-6-4-7-11-15/h4-13,17,19-20H,14H2,1-3H3/t17-,19-,20-/m0/s1/i20D. The lowest BCUT2D eigenvalue weighted by atomic mass is 10.0. The highest BCUT2D eigenvalue weighted by Gasteiger charge is 2.57. The molecular weight excluding hydrogens is 312 g/mol. The molecule has 0 aromatic heterocycles. The third-order valence-corrected chi connectivity index (χ3v) is 4.32. The zero-order valence-electron chi connectivity index (χ0n) is 15.9. The van der Waals surface area contributed by atoms with Crippen molar-refractivity contribution in [3.05, 3.63) is 71.8 Å². The first-order chi connectivity index (χ1) is 12.2. The van der Waals surface area contributed by atoms with E-state index in [1.54, 1.807) is 32.9 Å². The van der Waals surface area contributed by atoms with Gasteiger partial charge in [-0.2, -0.15) is 0 Å². The van der Waals surface area contributed by atoms with Gasteiger partial charge in [0.25, 0.3) is 0 Å². The Balaban J connectivity index is 1.86. The number of rotatable bonds is 5. The predicted octanol–water partition coefficient (Wildman–Crippen LogP) is 4.63. The van der Waals surface area contributed by atoms with Gasteiger partial charge in [0.1, 0.15) is 5.60 Å². The Morgan fingerprint density at radius 2 is 1.56 bits per heavy atom. The summed E-state index contributed by atoms with van der Waals surface area (Å²) in [6.07, 6.45) is 0.159. The fraction of sp³-hybridized carbons (Fsp3) is 0.364. The fourth-order valence-corrected chi connectivity index (χ4v) is 3.17. The highest BCUT2D eigenvalue weighted by atomic mass is 16.6. The molecule has 2 aromatic carbocycles. The number of carbonyl (C=O) groups is 2. The van der Waals surface area contributed by atoms with Gasteiger partial charge in [0.2, 0.25) is 0 Å². The van der Waals surface area contributed by atoms with Gasteiger partial charge in [-0.05, 0) is 32.3 Å². The third kappa shape index (κ3) is 4.16. The van der Waals surface area contributed by atoms with E-state index in [0.717, 1.165) is 5.56 Å². The van der Waals surface area contributed by atoms with E-state index >= 15 is 0 Å². The van der Waals surface area contributed by atoms with E-state index in [1.807, 2.05) is 48.5 Å². The number of ketones is 1. The van der Waals surface area contributed by atoms with Crippen LogP contribution in [0.3, 0.4) is 0 Å². The van der Waals surface area contributed by atoms with E-state index in [4.69, 9.17) is 6.11 Å². The quantitative estimate of drug-likeness (QED) is 0.590. The molecule has 0 heterocycles. The van der Waals surface area contributed by atoms with Crippen LogP contribution in [0.1, 0.15) is 50.4 Å².